The molecular weight excluding hydrogens is 164 g/mol. The summed E-state index contributed by atoms with van der Waals surface area (Å²) in [6, 6.07) is 0. The average molecular weight is 180 g/mol. The minimum absolute atomic E-state index is 0.280. The molecule has 5 rings (SSSR count). The second kappa shape index (κ2) is 2.28. The van der Waals surface area contributed by atoms with Gasteiger partial charge in [0.25, 0.3) is 0 Å². The second-order valence-electron chi connectivity index (χ2n) is 5.23. The first-order valence-electron chi connectivity index (χ1n) is 5.46. The Kier molecular flexibility index (Phi) is 1.38. The zero-order valence-electron chi connectivity index (χ0n) is 7.83. The lowest BCUT2D eigenvalue weighted by Crippen LogP contribution is -2.54. The number of rotatable bonds is 1. The lowest BCUT2D eigenvalue weighted by atomic mass is 9.46. The zero-order valence-corrected chi connectivity index (χ0v) is 7.83. The van der Waals surface area contributed by atoms with Crippen LogP contribution in [0.3, 0.4) is 0 Å². The molecule has 0 aromatic carbocycles. The summed E-state index contributed by atoms with van der Waals surface area (Å²) in [5, 5.41) is 9.34. The summed E-state index contributed by atoms with van der Waals surface area (Å²) in [4.78, 5) is 11.3. The zero-order chi connectivity index (χ0) is 9.05. The SMILES string of the molecule is O=C(O)[C@@]12CC[C@H]3C[C@@H]1CC[C@H]3C2. The van der Waals surface area contributed by atoms with Crippen molar-refractivity contribution in [3.8, 4) is 0 Å². The van der Waals surface area contributed by atoms with Crippen LogP contribution in [-0.4, -0.2) is 11.1 Å². The van der Waals surface area contributed by atoms with Crippen LogP contribution in [0.4, 0.5) is 0 Å². The van der Waals surface area contributed by atoms with Gasteiger partial charge in [-0.15, -0.1) is 0 Å². The maximum Gasteiger partial charge on any atom is 0.309 e. The fourth-order valence-electron chi connectivity index (χ4n) is 4.20. The molecular formula is C11H16O2. The molecule has 0 spiro atoms. The van der Waals surface area contributed by atoms with E-state index in [2.05, 4.69) is 0 Å². The first-order chi connectivity index (χ1) is 6.22. The van der Waals surface area contributed by atoms with Crippen LogP contribution in [0.5, 0.6) is 0 Å². The molecule has 0 heterocycles. The molecule has 4 bridgehead atoms. The van der Waals surface area contributed by atoms with Gasteiger partial charge in [0.1, 0.15) is 0 Å². The summed E-state index contributed by atoms with van der Waals surface area (Å²) in [6.45, 7) is 0. The summed E-state index contributed by atoms with van der Waals surface area (Å²) < 4.78 is 0. The van der Waals surface area contributed by atoms with E-state index in [0.717, 1.165) is 24.7 Å². The first-order valence-corrected chi connectivity index (χ1v) is 5.46. The molecule has 0 aromatic heterocycles. The van der Waals surface area contributed by atoms with Crippen molar-refractivity contribution in [1.82, 2.24) is 0 Å². The quantitative estimate of drug-likeness (QED) is 0.672. The highest BCUT2D eigenvalue weighted by atomic mass is 16.4. The van der Waals surface area contributed by atoms with Gasteiger partial charge >= 0.3 is 5.97 Å². The maximum atomic E-state index is 11.3. The van der Waals surface area contributed by atoms with E-state index >= 15 is 0 Å². The van der Waals surface area contributed by atoms with E-state index in [4.69, 9.17) is 0 Å². The van der Waals surface area contributed by atoms with Crippen molar-refractivity contribution in [3.05, 3.63) is 0 Å². The van der Waals surface area contributed by atoms with E-state index < -0.39 is 5.97 Å². The van der Waals surface area contributed by atoms with E-state index in [1.54, 1.807) is 0 Å². The third-order valence-electron chi connectivity index (χ3n) is 4.93. The van der Waals surface area contributed by atoms with Crippen LogP contribution >= 0.6 is 0 Å². The summed E-state index contributed by atoms with van der Waals surface area (Å²) in [5.41, 5.74) is -0.280. The molecule has 0 saturated heterocycles. The van der Waals surface area contributed by atoms with Crippen molar-refractivity contribution in [2.75, 3.05) is 0 Å². The highest BCUT2D eigenvalue weighted by Crippen LogP contribution is 2.62. The van der Waals surface area contributed by atoms with Crippen molar-refractivity contribution in [3.63, 3.8) is 0 Å². The largest absolute Gasteiger partial charge is 0.481 e. The molecule has 0 unspecified atom stereocenters. The van der Waals surface area contributed by atoms with Crippen LogP contribution < -0.4 is 0 Å². The Hall–Kier alpha value is -0.530. The van der Waals surface area contributed by atoms with Gasteiger partial charge in [-0.2, -0.15) is 0 Å². The Balaban J connectivity index is 2.01. The van der Waals surface area contributed by atoms with Crippen LogP contribution in [0.15, 0.2) is 0 Å². The Morgan fingerprint density at radius 1 is 1.23 bits per heavy atom. The van der Waals surface area contributed by atoms with E-state index in [1.807, 2.05) is 0 Å². The van der Waals surface area contributed by atoms with Crippen LogP contribution in [-0.2, 0) is 4.79 Å². The normalized spacial score (nSPS) is 52.5. The van der Waals surface area contributed by atoms with Crippen LogP contribution in [0.2, 0.25) is 0 Å². The third kappa shape index (κ3) is 0.818. The molecule has 5 aliphatic rings. The third-order valence-corrected chi connectivity index (χ3v) is 4.93. The van der Waals surface area contributed by atoms with Crippen LogP contribution in [0, 0.1) is 23.2 Å². The predicted molar refractivity (Wildman–Crippen MR) is 48.2 cm³/mol. The Morgan fingerprint density at radius 3 is 2.62 bits per heavy atom. The average Bonchev–Trinajstić information content (AvgIpc) is 2.18. The lowest BCUT2D eigenvalue weighted by molar-refractivity contribution is -0.174. The number of hydrogen-bond donors (Lipinski definition) is 1. The number of hydrogen-bond acceptors (Lipinski definition) is 1. The fraction of sp³-hybridized carbons (Fsp3) is 0.909. The van der Waals surface area contributed by atoms with Crippen molar-refractivity contribution in [2.24, 2.45) is 23.2 Å². The predicted octanol–water partition coefficient (Wildman–Crippen LogP) is 2.29. The molecule has 13 heavy (non-hydrogen) atoms. The van der Waals surface area contributed by atoms with Crippen LogP contribution in [0.25, 0.3) is 0 Å². The minimum Gasteiger partial charge on any atom is -0.481 e. The van der Waals surface area contributed by atoms with Gasteiger partial charge in [-0.05, 0) is 56.3 Å². The lowest BCUT2D eigenvalue weighted by Gasteiger charge is -2.57. The molecule has 2 heteroatoms. The standard InChI is InChI=1S/C11H16O2/c12-10(13)11-4-3-7-5-9(11)2-1-8(7)6-11/h7-9H,1-6H2,(H,12,13)/t7-,8-,9-,11+/m0/s1. The summed E-state index contributed by atoms with van der Waals surface area (Å²) in [6.07, 6.45) is 6.87. The Labute approximate surface area is 78.3 Å². The van der Waals surface area contributed by atoms with Gasteiger partial charge in [0, 0.05) is 0 Å². The number of aliphatic carboxylic acids is 1. The van der Waals surface area contributed by atoms with E-state index in [9.17, 15) is 9.90 Å². The minimum atomic E-state index is -0.500. The van der Waals surface area contributed by atoms with Gasteiger partial charge in [-0.3, -0.25) is 4.79 Å². The topological polar surface area (TPSA) is 37.3 Å². The van der Waals surface area contributed by atoms with Crippen molar-refractivity contribution in [1.29, 1.82) is 0 Å². The summed E-state index contributed by atoms with van der Waals surface area (Å²) >= 11 is 0. The van der Waals surface area contributed by atoms with Crippen molar-refractivity contribution >= 4 is 5.97 Å². The molecule has 2 nitrogen and oxygen atoms in total. The number of fused-ring (bicyclic) bond motifs is 2. The molecule has 0 aromatic rings. The van der Waals surface area contributed by atoms with E-state index in [-0.39, 0.29) is 5.41 Å². The molecule has 5 saturated carbocycles. The first kappa shape index (κ1) is 7.84. The molecule has 0 radical (unpaired) electrons. The van der Waals surface area contributed by atoms with Gasteiger partial charge in [0.05, 0.1) is 5.41 Å². The summed E-state index contributed by atoms with van der Waals surface area (Å²) in [5.74, 6) is 1.67. The molecule has 0 aliphatic heterocycles. The second-order valence-corrected chi connectivity index (χ2v) is 5.23. The van der Waals surface area contributed by atoms with Crippen molar-refractivity contribution < 1.29 is 9.90 Å². The number of carboxylic acid groups (broad SMARTS) is 1. The molecule has 72 valence electrons. The molecule has 5 aliphatic carbocycles. The number of carboxylic acids is 1. The molecule has 0 amide bonds. The van der Waals surface area contributed by atoms with Gasteiger partial charge in [0.2, 0.25) is 0 Å². The van der Waals surface area contributed by atoms with Gasteiger partial charge < -0.3 is 5.11 Å². The molecule has 4 atom stereocenters. The van der Waals surface area contributed by atoms with Gasteiger partial charge in [-0.25, -0.2) is 0 Å². The summed E-state index contributed by atoms with van der Waals surface area (Å²) in [7, 11) is 0. The fourth-order valence-corrected chi connectivity index (χ4v) is 4.20. The van der Waals surface area contributed by atoms with Crippen LogP contribution in [0.1, 0.15) is 38.5 Å². The van der Waals surface area contributed by atoms with E-state index in [1.165, 1.54) is 25.7 Å². The maximum absolute atomic E-state index is 11.3. The van der Waals surface area contributed by atoms with Gasteiger partial charge in [0.15, 0.2) is 0 Å². The monoisotopic (exact) mass is 180 g/mol. The van der Waals surface area contributed by atoms with E-state index in [0.29, 0.717) is 5.92 Å². The van der Waals surface area contributed by atoms with Gasteiger partial charge in [-0.1, -0.05) is 0 Å². The molecule has 5 fully saturated rings. The number of carbonyl (C=O) groups is 1. The Morgan fingerprint density at radius 2 is 2.08 bits per heavy atom. The highest BCUT2D eigenvalue weighted by Gasteiger charge is 2.58. The smallest absolute Gasteiger partial charge is 0.309 e. The molecule has 1 N–H and O–H groups in total. The van der Waals surface area contributed by atoms with Crippen molar-refractivity contribution in [2.45, 2.75) is 38.5 Å². The Bertz CT molecular complexity index is 261. The highest BCUT2D eigenvalue weighted by molar-refractivity contribution is 5.75.